The van der Waals surface area contributed by atoms with E-state index in [1.54, 1.807) is 18.2 Å². The Morgan fingerprint density at radius 2 is 1.89 bits per heavy atom. The summed E-state index contributed by atoms with van der Waals surface area (Å²) in [5.41, 5.74) is 0.512. The van der Waals surface area contributed by atoms with Crippen LogP contribution in [0.5, 0.6) is 0 Å². The van der Waals surface area contributed by atoms with Crippen molar-refractivity contribution in [3.8, 4) is 0 Å². The zero-order valence-electron chi connectivity index (χ0n) is 11.2. The van der Waals surface area contributed by atoms with Crippen molar-refractivity contribution in [2.24, 2.45) is 5.41 Å². The summed E-state index contributed by atoms with van der Waals surface area (Å²) in [5.74, 6) is -0.124. The highest BCUT2D eigenvalue weighted by molar-refractivity contribution is 6.36. The molecule has 0 aliphatic heterocycles. The van der Waals surface area contributed by atoms with Crippen molar-refractivity contribution in [1.29, 1.82) is 0 Å². The molecule has 0 heterocycles. The second kappa shape index (κ2) is 7.13. The lowest BCUT2D eigenvalue weighted by molar-refractivity contribution is -0.120. The molecule has 106 valence electrons. The van der Waals surface area contributed by atoms with Crippen LogP contribution in [0.2, 0.25) is 10.0 Å². The zero-order chi connectivity index (χ0) is 14.5. The highest BCUT2D eigenvalue weighted by atomic mass is 35.5. The standard InChI is InChI=1S/C14H19Cl2NO2/c1-14(2,6-7-18)9-17-13(19)8-10-11(15)4-3-5-12(10)16/h3-5,18H,6-9H2,1-2H3,(H,17,19). The number of rotatable bonds is 6. The van der Waals surface area contributed by atoms with Crippen molar-refractivity contribution in [3.05, 3.63) is 33.8 Å². The van der Waals surface area contributed by atoms with Crippen LogP contribution in [0, 0.1) is 5.41 Å². The third-order valence-corrected chi connectivity index (χ3v) is 3.66. The Hall–Kier alpha value is -0.770. The topological polar surface area (TPSA) is 49.3 Å². The number of hydrogen-bond acceptors (Lipinski definition) is 2. The van der Waals surface area contributed by atoms with Gasteiger partial charge < -0.3 is 10.4 Å². The molecule has 1 aromatic carbocycles. The molecule has 0 atom stereocenters. The maximum Gasteiger partial charge on any atom is 0.224 e. The number of aliphatic hydroxyl groups is 1. The predicted octanol–water partition coefficient (Wildman–Crippen LogP) is 3.06. The second-order valence-corrected chi connectivity index (χ2v) is 6.11. The van der Waals surface area contributed by atoms with Gasteiger partial charge in [-0.1, -0.05) is 43.1 Å². The van der Waals surface area contributed by atoms with Crippen molar-refractivity contribution in [3.63, 3.8) is 0 Å². The number of aliphatic hydroxyl groups excluding tert-OH is 1. The fourth-order valence-corrected chi connectivity index (χ4v) is 2.18. The first-order valence-corrected chi connectivity index (χ1v) is 6.92. The van der Waals surface area contributed by atoms with Crippen LogP contribution in [0.15, 0.2) is 18.2 Å². The molecule has 0 spiro atoms. The van der Waals surface area contributed by atoms with E-state index >= 15 is 0 Å². The molecule has 19 heavy (non-hydrogen) atoms. The van der Waals surface area contributed by atoms with Crippen LogP contribution in [-0.4, -0.2) is 24.2 Å². The summed E-state index contributed by atoms with van der Waals surface area (Å²) in [6, 6.07) is 5.17. The van der Waals surface area contributed by atoms with E-state index in [0.717, 1.165) is 0 Å². The summed E-state index contributed by atoms with van der Waals surface area (Å²) >= 11 is 12.0. The van der Waals surface area contributed by atoms with E-state index in [-0.39, 0.29) is 24.3 Å². The summed E-state index contributed by atoms with van der Waals surface area (Å²) in [6.45, 7) is 4.60. The normalized spacial score (nSPS) is 11.4. The van der Waals surface area contributed by atoms with E-state index in [1.807, 2.05) is 13.8 Å². The summed E-state index contributed by atoms with van der Waals surface area (Å²) in [7, 11) is 0. The molecular weight excluding hydrogens is 285 g/mol. The molecule has 0 aromatic heterocycles. The largest absolute Gasteiger partial charge is 0.396 e. The number of hydrogen-bond donors (Lipinski definition) is 2. The van der Waals surface area contributed by atoms with Crippen molar-refractivity contribution >= 4 is 29.1 Å². The molecule has 0 radical (unpaired) electrons. The summed E-state index contributed by atoms with van der Waals surface area (Å²) < 4.78 is 0. The first kappa shape index (κ1) is 16.3. The van der Waals surface area contributed by atoms with Crippen molar-refractivity contribution in [2.45, 2.75) is 26.7 Å². The second-order valence-electron chi connectivity index (χ2n) is 5.29. The number of benzene rings is 1. The monoisotopic (exact) mass is 303 g/mol. The number of amides is 1. The minimum absolute atomic E-state index is 0.110. The predicted molar refractivity (Wildman–Crippen MR) is 78.7 cm³/mol. The summed E-state index contributed by atoms with van der Waals surface area (Å²) in [6.07, 6.45) is 0.799. The Morgan fingerprint density at radius 3 is 2.42 bits per heavy atom. The van der Waals surface area contributed by atoms with Gasteiger partial charge in [-0.05, 0) is 29.5 Å². The van der Waals surface area contributed by atoms with Crippen molar-refractivity contribution in [1.82, 2.24) is 5.32 Å². The Labute approximate surface area is 123 Å². The molecule has 0 saturated heterocycles. The van der Waals surface area contributed by atoms with Crippen LogP contribution >= 0.6 is 23.2 Å². The van der Waals surface area contributed by atoms with Crippen LogP contribution in [0.25, 0.3) is 0 Å². The number of halogens is 2. The van der Waals surface area contributed by atoms with Gasteiger partial charge in [0.1, 0.15) is 0 Å². The first-order chi connectivity index (χ1) is 8.85. The first-order valence-electron chi connectivity index (χ1n) is 6.16. The van der Waals surface area contributed by atoms with Gasteiger partial charge in [-0.25, -0.2) is 0 Å². The Balaban J connectivity index is 2.57. The molecule has 1 aromatic rings. The van der Waals surface area contributed by atoms with Crippen molar-refractivity contribution < 1.29 is 9.90 Å². The highest BCUT2D eigenvalue weighted by Gasteiger charge is 2.19. The minimum Gasteiger partial charge on any atom is -0.396 e. The van der Waals surface area contributed by atoms with E-state index < -0.39 is 0 Å². The van der Waals surface area contributed by atoms with Gasteiger partial charge >= 0.3 is 0 Å². The number of carbonyl (C=O) groups excluding carboxylic acids is 1. The lowest BCUT2D eigenvalue weighted by Gasteiger charge is -2.23. The lowest BCUT2D eigenvalue weighted by Crippen LogP contribution is -2.35. The fraction of sp³-hybridized carbons (Fsp3) is 0.500. The number of nitrogens with one attached hydrogen (secondary N) is 1. The van der Waals surface area contributed by atoms with E-state index in [0.29, 0.717) is 28.6 Å². The molecule has 0 unspecified atom stereocenters. The molecule has 5 heteroatoms. The SMILES string of the molecule is CC(C)(CCO)CNC(=O)Cc1c(Cl)cccc1Cl. The molecule has 0 fully saturated rings. The van der Waals surface area contributed by atoms with E-state index in [1.165, 1.54) is 0 Å². The van der Waals surface area contributed by atoms with E-state index in [2.05, 4.69) is 5.32 Å². The molecule has 0 aliphatic rings. The average Bonchev–Trinajstić information content (AvgIpc) is 2.32. The number of carbonyl (C=O) groups is 1. The smallest absolute Gasteiger partial charge is 0.224 e. The Morgan fingerprint density at radius 1 is 1.32 bits per heavy atom. The van der Waals surface area contributed by atoms with Gasteiger partial charge in [0.2, 0.25) is 5.91 Å². The van der Waals surface area contributed by atoms with Gasteiger partial charge in [-0.15, -0.1) is 0 Å². The molecule has 0 aliphatic carbocycles. The van der Waals surface area contributed by atoms with Gasteiger partial charge in [0, 0.05) is 23.2 Å². The molecule has 0 saturated carbocycles. The van der Waals surface area contributed by atoms with Crippen molar-refractivity contribution in [2.75, 3.05) is 13.2 Å². The lowest BCUT2D eigenvalue weighted by atomic mass is 9.89. The van der Waals surface area contributed by atoms with Gasteiger partial charge in [0.25, 0.3) is 0 Å². The van der Waals surface area contributed by atoms with E-state index in [9.17, 15) is 4.79 Å². The van der Waals surface area contributed by atoms with Crippen LogP contribution < -0.4 is 5.32 Å². The quantitative estimate of drug-likeness (QED) is 0.848. The minimum atomic E-state index is -0.130. The van der Waals surface area contributed by atoms with E-state index in [4.69, 9.17) is 28.3 Å². The highest BCUT2D eigenvalue weighted by Crippen LogP contribution is 2.24. The fourth-order valence-electron chi connectivity index (χ4n) is 1.65. The summed E-state index contributed by atoms with van der Waals surface area (Å²) in [4.78, 5) is 11.9. The van der Waals surface area contributed by atoms with Crippen LogP contribution in [0.4, 0.5) is 0 Å². The van der Waals surface area contributed by atoms with Crippen LogP contribution in [0.3, 0.4) is 0 Å². The van der Waals surface area contributed by atoms with Crippen LogP contribution in [-0.2, 0) is 11.2 Å². The maximum atomic E-state index is 11.9. The van der Waals surface area contributed by atoms with Crippen LogP contribution in [0.1, 0.15) is 25.8 Å². The van der Waals surface area contributed by atoms with Gasteiger partial charge in [-0.2, -0.15) is 0 Å². The Bertz CT molecular complexity index is 427. The maximum absolute atomic E-state index is 11.9. The van der Waals surface area contributed by atoms with Gasteiger partial charge in [0.15, 0.2) is 0 Å². The summed E-state index contributed by atoms with van der Waals surface area (Å²) in [5, 5.41) is 12.8. The van der Waals surface area contributed by atoms with Gasteiger partial charge in [-0.3, -0.25) is 4.79 Å². The Kier molecular flexibility index (Phi) is 6.11. The van der Waals surface area contributed by atoms with Gasteiger partial charge in [0.05, 0.1) is 6.42 Å². The molecule has 1 amide bonds. The third kappa shape index (κ3) is 5.39. The average molecular weight is 304 g/mol. The third-order valence-electron chi connectivity index (χ3n) is 2.95. The zero-order valence-corrected chi connectivity index (χ0v) is 12.7. The molecule has 3 nitrogen and oxygen atoms in total. The molecular formula is C14H19Cl2NO2. The molecule has 0 bridgehead atoms. The molecule has 1 rings (SSSR count). The molecule has 2 N–H and O–H groups in total.